The molecule has 0 bridgehead atoms. The Hall–Kier alpha value is -2.41. The van der Waals surface area contributed by atoms with Crippen LogP contribution < -0.4 is 4.74 Å². The van der Waals surface area contributed by atoms with Gasteiger partial charge in [-0.2, -0.15) is 0 Å². The zero-order valence-electron chi connectivity index (χ0n) is 11.9. The Bertz CT molecular complexity index is 654. The summed E-state index contributed by atoms with van der Waals surface area (Å²) in [4.78, 5) is 15.6. The Morgan fingerprint density at radius 2 is 2.14 bits per heavy atom. The first kappa shape index (κ1) is 15.0. The zero-order valence-corrected chi connectivity index (χ0v) is 11.9. The van der Waals surface area contributed by atoms with Crippen molar-refractivity contribution in [1.29, 1.82) is 0 Å². The Morgan fingerprint density at radius 3 is 2.81 bits per heavy atom. The molecule has 0 N–H and O–H groups in total. The fourth-order valence-electron chi connectivity index (χ4n) is 1.87. The lowest BCUT2D eigenvalue weighted by Crippen LogP contribution is -2.03. The molecule has 112 valence electrons. The van der Waals surface area contributed by atoms with Gasteiger partial charge < -0.3 is 18.8 Å². The molecule has 2 aromatic heterocycles. The molecule has 0 spiro atoms. The second-order valence-electron chi connectivity index (χ2n) is 4.27. The van der Waals surface area contributed by atoms with Gasteiger partial charge in [0.1, 0.15) is 11.5 Å². The number of hydrogen-bond acceptors (Lipinski definition) is 5. The van der Waals surface area contributed by atoms with Gasteiger partial charge >= 0.3 is 5.97 Å². The minimum absolute atomic E-state index is 0.0353. The van der Waals surface area contributed by atoms with Gasteiger partial charge in [-0.3, -0.25) is 0 Å². The average molecular weight is 294 g/mol. The summed E-state index contributed by atoms with van der Waals surface area (Å²) in [7, 11) is 4.51. The highest BCUT2D eigenvalue weighted by molar-refractivity contribution is 5.91. The van der Waals surface area contributed by atoms with Gasteiger partial charge in [0.2, 0.25) is 0 Å². The van der Waals surface area contributed by atoms with Crippen LogP contribution in [-0.2, 0) is 16.5 Å². The summed E-state index contributed by atoms with van der Waals surface area (Å²) in [6.07, 6.45) is 2.69. The third kappa shape index (κ3) is 3.19. The summed E-state index contributed by atoms with van der Waals surface area (Å²) >= 11 is 0. The molecular weight excluding hydrogens is 279 g/mol. The van der Waals surface area contributed by atoms with Crippen LogP contribution in [0.2, 0.25) is 0 Å². The predicted molar refractivity (Wildman–Crippen MR) is 72.4 cm³/mol. The molecule has 0 saturated heterocycles. The number of aryl methyl sites for hydroxylation is 1. The molecule has 0 aromatic carbocycles. The van der Waals surface area contributed by atoms with Crippen LogP contribution in [0.1, 0.15) is 10.4 Å². The van der Waals surface area contributed by atoms with Gasteiger partial charge in [0.15, 0.2) is 12.5 Å². The average Bonchev–Trinajstić information content (AvgIpc) is 2.86. The van der Waals surface area contributed by atoms with Crippen molar-refractivity contribution in [2.75, 3.05) is 21.0 Å². The summed E-state index contributed by atoms with van der Waals surface area (Å²) in [5, 5.41) is 0. The molecule has 0 radical (unpaired) electrons. The maximum Gasteiger partial charge on any atom is 0.339 e. The molecule has 0 unspecified atom stereocenters. The lowest BCUT2D eigenvalue weighted by molar-refractivity contribution is 0.0510. The number of esters is 1. The van der Waals surface area contributed by atoms with Crippen molar-refractivity contribution in [3.8, 4) is 17.1 Å². The van der Waals surface area contributed by atoms with E-state index in [0.29, 0.717) is 17.0 Å². The Balaban J connectivity index is 2.46. The number of pyridine rings is 1. The standard InChI is InChI=1S/C14H15FN2O4/c1-17-7-9(14(18)20-3)4-11(17)13-12(21-8-19-2)5-10(15)6-16-13/h4-7H,8H2,1-3H3. The van der Waals surface area contributed by atoms with E-state index < -0.39 is 11.8 Å². The van der Waals surface area contributed by atoms with Crippen molar-refractivity contribution in [1.82, 2.24) is 9.55 Å². The predicted octanol–water partition coefficient (Wildman–Crippen LogP) is 2.00. The number of carbonyl (C=O) groups is 1. The molecule has 7 heteroatoms. The topological polar surface area (TPSA) is 62.6 Å². The molecule has 0 atom stereocenters. The van der Waals surface area contributed by atoms with Crippen LogP contribution in [-0.4, -0.2) is 36.5 Å². The van der Waals surface area contributed by atoms with E-state index in [1.165, 1.54) is 20.3 Å². The van der Waals surface area contributed by atoms with Gasteiger partial charge in [-0.1, -0.05) is 0 Å². The lowest BCUT2D eigenvalue weighted by Gasteiger charge is -2.10. The fourth-order valence-corrected chi connectivity index (χ4v) is 1.87. The molecule has 2 aromatic rings. The Morgan fingerprint density at radius 1 is 1.38 bits per heavy atom. The number of methoxy groups -OCH3 is 2. The third-order valence-corrected chi connectivity index (χ3v) is 2.82. The number of carbonyl (C=O) groups excluding carboxylic acids is 1. The van der Waals surface area contributed by atoms with Crippen LogP contribution in [0.25, 0.3) is 11.4 Å². The van der Waals surface area contributed by atoms with Crippen molar-refractivity contribution < 1.29 is 23.4 Å². The van der Waals surface area contributed by atoms with Crippen molar-refractivity contribution in [3.05, 3.63) is 35.9 Å². The number of nitrogens with zero attached hydrogens (tertiary/aromatic N) is 2. The molecule has 2 rings (SSSR count). The molecule has 0 fully saturated rings. The highest BCUT2D eigenvalue weighted by Gasteiger charge is 2.17. The molecule has 0 amide bonds. The minimum atomic E-state index is -0.521. The number of ether oxygens (including phenoxy) is 3. The third-order valence-electron chi connectivity index (χ3n) is 2.82. The maximum atomic E-state index is 13.3. The smallest absolute Gasteiger partial charge is 0.339 e. The number of aromatic nitrogens is 2. The summed E-state index contributed by atoms with van der Waals surface area (Å²) < 4.78 is 29.8. The highest BCUT2D eigenvalue weighted by Crippen LogP contribution is 2.29. The first-order valence-corrected chi connectivity index (χ1v) is 6.09. The summed E-state index contributed by atoms with van der Waals surface area (Å²) in [5.41, 5.74) is 1.38. The SMILES string of the molecule is COCOc1cc(F)cnc1-c1cc(C(=O)OC)cn1C. The quantitative estimate of drug-likeness (QED) is 0.623. The first-order valence-electron chi connectivity index (χ1n) is 6.09. The van der Waals surface area contributed by atoms with Crippen LogP contribution in [0.5, 0.6) is 5.75 Å². The van der Waals surface area contributed by atoms with Gasteiger partial charge in [0.25, 0.3) is 0 Å². The van der Waals surface area contributed by atoms with Crippen LogP contribution >= 0.6 is 0 Å². The molecule has 0 aliphatic heterocycles. The molecule has 0 aliphatic rings. The zero-order chi connectivity index (χ0) is 15.4. The van der Waals surface area contributed by atoms with Crippen molar-refractivity contribution in [2.45, 2.75) is 0 Å². The van der Waals surface area contributed by atoms with E-state index in [-0.39, 0.29) is 12.5 Å². The molecular formula is C14H15FN2O4. The monoisotopic (exact) mass is 294 g/mol. The lowest BCUT2D eigenvalue weighted by atomic mass is 10.2. The summed E-state index contributed by atoms with van der Waals surface area (Å²) in [6, 6.07) is 2.82. The van der Waals surface area contributed by atoms with Crippen molar-refractivity contribution in [3.63, 3.8) is 0 Å². The summed E-state index contributed by atoms with van der Waals surface area (Å²) in [6.45, 7) is -0.0353. The largest absolute Gasteiger partial charge is 0.465 e. The molecule has 21 heavy (non-hydrogen) atoms. The van der Waals surface area contributed by atoms with E-state index >= 15 is 0 Å². The van der Waals surface area contributed by atoms with Crippen LogP contribution in [0.3, 0.4) is 0 Å². The van der Waals surface area contributed by atoms with Gasteiger partial charge in [-0.05, 0) is 6.07 Å². The molecule has 6 nitrogen and oxygen atoms in total. The van der Waals surface area contributed by atoms with Gasteiger partial charge in [-0.15, -0.1) is 0 Å². The normalized spacial score (nSPS) is 10.5. The van der Waals surface area contributed by atoms with Crippen LogP contribution in [0.4, 0.5) is 4.39 Å². The molecule has 0 saturated carbocycles. The van der Waals surface area contributed by atoms with E-state index in [1.54, 1.807) is 23.9 Å². The summed E-state index contributed by atoms with van der Waals surface area (Å²) in [5.74, 6) is -0.750. The van der Waals surface area contributed by atoms with Crippen LogP contribution in [0.15, 0.2) is 24.5 Å². The number of hydrogen-bond donors (Lipinski definition) is 0. The van der Waals surface area contributed by atoms with Crippen LogP contribution in [0, 0.1) is 5.82 Å². The van der Waals surface area contributed by atoms with E-state index in [1.807, 2.05) is 0 Å². The van der Waals surface area contributed by atoms with Crippen molar-refractivity contribution >= 4 is 5.97 Å². The Labute approximate surface area is 121 Å². The molecule has 2 heterocycles. The minimum Gasteiger partial charge on any atom is -0.465 e. The van der Waals surface area contributed by atoms with Gasteiger partial charge in [-0.25, -0.2) is 14.2 Å². The van der Waals surface area contributed by atoms with E-state index in [4.69, 9.17) is 9.47 Å². The van der Waals surface area contributed by atoms with Gasteiger partial charge in [0.05, 0.1) is 24.6 Å². The second kappa shape index (κ2) is 6.36. The fraction of sp³-hybridized carbons (Fsp3) is 0.286. The van der Waals surface area contributed by atoms with E-state index in [2.05, 4.69) is 9.72 Å². The first-order chi connectivity index (χ1) is 10.1. The van der Waals surface area contributed by atoms with E-state index in [9.17, 15) is 9.18 Å². The van der Waals surface area contributed by atoms with E-state index in [0.717, 1.165) is 6.20 Å². The Kier molecular flexibility index (Phi) is 4.54. The van der Waals surface area contributed by atoms with Gasteiger partial charge in [0, 0.05) is 26.4 Å². The second-order valence-corrected chi connectivity index (χ2v) is 4.27. The highest BCUT2D eigenvalue weighted by atomic mass is 19.1. The van der Waals surface area contributed by atoms with Crippen molar-refractivity contribution in [2.24, 2.45) is 7.05 Å². The number of halogens is 1. The molecule has 0 aliphatic carbocycles. The maximum absolute atomic E-state index is 13.3. The number of rotatable bonds is 5.